The summed E-state index contributed by atoms with van der Waals surface area (Å²) in [6.07, 6.45) is 2.16. The third-order valence-corrected chi connectivity index (χ3v) is 2.48. The van der Waals surface area contributed by atoms with Crippen LogP contribution in [0.2, 0.25) is 0 Å². The van der Waals surface area contributed by atoms with Crippen molar-refractivity contribution >= 4 is 17.1 Å². The molecule has 0 unspecified atom stereocenters. The minimum absolute atomic E-state index is 0. The Hall–Kier alpha value is 0.820. The van der Waals surface area contributed by atoms with Crippen LogP contribution in [0.4, 0.5) is 4.79 Å². The van der Waals surface area contributed by atoms with E-state index < -0.39 is 5.30 Å². The summed E-state index contributed by atoms with van der Waals surface area (Å²) >= 11 is 1.01. The molecule has 4 heteroatoms. The van der Waals surface area contributed by atoms with Gasteiger partial charge in [-0.05, 0) is 17.7 Å². The van der Waals surface area contributed by atoms with Gasteiger partial charge in [-0.3, -0.25) is 0 Å². The van der Waals surface area contributed by atoms with Crippen molar-refractivity contribution < 1.29 is 40.9 Å². The number of thioether (sulfide) groups is 1. The van der Waals surface area contributed by atoms with Gasteiger partial charge in [0.15, 0.2) is 0 Å². The Morgan fingerprint density at radius 1 is 1.55 bits per heavy atom. The van der Waals surface area contributed by atoms with Gasteiger partial charge in [0.2, 0.25) is 0 Å². The molecule has 0 heterocycles. The van der Waals surface area contributed by atoms with Gasteiger partial charge in [0.05, 0.1) is 0 Å². The Labute approximate surface area is 95.9 Å². The van der Waals surface area contributed by atoms with Crippen LogP contribution in [0.5, 0.6) is 0 Å². The van der Waals surface area contributed by atoms with E-state index in [0.717, 1.165) is 30.4 Å². The molecule has 0 radical (unpaired) electrons. The largest absolute Gasteiger partial charge is 1.00 e. The summed E-state index contributed by atoms with van der Waals surface area (Å²) in [4.78, 5) is 10.1. The summed E-state index contributed by atoms with van der Waals surface area (Å²) < 4.78 is 0. The first-order chi connectivity index (χ1) is 4.70. The molecule has 0 atom stereocenters. The smallest absolute Gasteiger partial charge is 1.00 e. The molecule has 0 rings (SSSR count). The molecule has 2 nitrogen and oxygen atoms in total. The predicted octanol–water partition coefficient (Wildman–Crippen LogP) is -0.0497. The summed E-state index contributed by atoms with van der Waals surface area (Å²) in [7, 11) is 0. The zero-order valence-electron chi connectivity index (χ0n) is 8.46. The molecule has 0 aliphatic heterocycles. The predicted molar refractivity (Wildman–Crippen MR) is 45.7 cm³/mol. The molecule has 62 valence electrons. The van der Waals surface area contributed by atoms with Gasteiger partial charge in [-0.2, -0.15) is 0 Å². The zero-order valence-corrected chi connectivity index (χ0v) is 10.3. The van der Waals surface area contributed by atoms with E-state index in [0.29, 0.717) is 5.92 Å². The Morgan fingerprint density at radius 2 is 2.00 bits per heavy atom. The second-order valence-electron chi connectivity index (χ2n) is 2.26. The van der Waals surface area contributed by atoms with Crippen LogP contribution in [0.15, 0.2) is 0 Å². The molecule has 0 aliphatic rings. The van der Waals surface area contributed by atoms with E-state index in [-0.39, 0.29) is 31.0 Å². The Bertz CT molecular complexity index is 110. The van der Waals surface area contributed by atoms with E-state index in [1.807, 2.05) is 0 Å². The van der Waals surface area contributed by atoms with Crippen LogP contribution in [0.25, 0.3) is 0 Å². The fourth-order valence-corrected chi connectivity index (χ4v) is 1.56. The Kier molecular flexibility index (Phi) is 11.6. The Balaban J connectivity index is -0.000000405. The van der Waals surface area contributed by atoms with Crippen molar-refractivity contribution in [2.45, 2.75) is 26.7 Å². The summed E-state index contributed by atoms with van der Waals surface area (Å²) in [6.45, 7) is 4.19. The average molecular weight is 186 g/mol. The summed E-state index contributed by atoms with van der Waals surface area (Å²) in [6, 6.07) is 0. The molecule has 0 saturated heterocycles. The first-order valence-corrected chi connectivity index (χ1v) is 4.55. The third kappa shape index (κ3) is 8.73. The van der Waals surface area contributed by atoms with Gasteiger partial charge in [0, 0.05) is 5.75 Å². The fraction of sp³-hybridized carbons (Fsp3) is 0.857. The molecule has 1 N–H and O–H groups in total. The first kappa shape index (κ1) is 14.3. The average Bonchev–Trinajstić information content (AvgIpc) is 1.90. The maximum absolute atomic E-state index is 10.1. The van der Waals surface area contributed by atoms with E-state index in [4.69, 9.17) is 5.11 Å². The number of hydrogen-bond acceptors (Lipinski definition) is 2. The van der Waals surface area contributed by atoms with E-state index in [9.17, 15) is 4.79 Å². The van der Waals surface area contributed by atoms with E-state index in [1.165, 1.54) is 0 Å². The van der Waals surface area contributed by atoms with Crippen molar-refractivity contribution in [2.75, 3.05) is 5.75 Å². The van der Waals surface area contributed by atoms with Gasteiger partial charge in [0.1, 0.15) is 0 Å². The van der Waals surface area contributed by atoms with Crippen LogP contribution in [-0.2, 0) is 0 Å². The SMILES string of the molecule is CCC(CC)CSC(=O)O.[H-].[Na+]. The van der Waals surface area contributed by atoms with Crippen LogP contribution in [0.3, 0.4) is 0 Å². The second-order valence-corrected chi connectivity index (χ2v) is 3.23. The van der Waals surface area contributed by atoms with Gasteiger partial charge in [-0.15, -0.1) is 0 Å². The molecular weight excluding hydrogens is 171 g/mol. The topological polar surface area (TPSA) is 37.3 Å². The van der Waals surface area contributed by atoms with E-state index in [1.54, 1.807) is 0 Å². The molecule has 0 saturated carbocycles. The molecule has 0 aromatic carbocycles. The second kappa shape index (κ2) is 8.91. The van der Waals surface area contributed by atoms with Crippen LogP contribution >= 0.6 is 11.8 Å². The van der Waals surface area contributed by atoms with Gasteiger partial charge >= 0.3 is 34.9 Å². The first-order valence-electron chi connectivity index (χ1n) is 3.56. The van der Waals surface area contributed by atoms with E-state index >= 15 is 0 Å². The molecule has 11 heavy (non-hydrogen) atoms. The van der Waals surface area contributed by atoms with Crippen molar-refractivity contribution in [1.29, 1.82) is 0 Å². The zero-order chi connectivity index (χ0) is 7.98. The summed E-state index contributed by atoms with van der Waals surface area (Å²) in [5, 5.41) is 7.56. The Morgan fingerprint density at radius 3 is 2.27 bits per heavy atom. The quantitative estimate of drug-likeness (QED) is 0.625. The third-order valence-electron chi connectivity index (χ3n) is 1.60. The summed E-state index contributed by atoms with van der Waals surface area (Å²) in [5.41, 5.74) is 0. The van der Waals surface area contributed by atoms with Crippen molar-refractivity contribution in [3.63, 3.8) is 0 Å². The maximum Gasteiger partial charge on any atom is 1.00 e. The number of hydrogen-bond donors (Lipinski definition) is 1. The molecule has 0 fully saturated rings. The molecule has 0 aliphatic carbocycles. The molecule has 0 amide bonds. The monoisotopic (exact) mass is 186 g/mol. The van der Waals surface area contributed by atoms with Gasteiger partial charge in [-0.1, -0.05) is 26.7 Å². The van der Waals surface area contributed by atoms with Crippen molar-refractivity contribution in [2.24, 2.45) is 5.92 Å². The van der Waals surface area contributed by atoms with Gasteiger partial charge < -0.3 is 6.53 Å². The standard InChI is InChI=1S/C7H14O2S.Na.H/c1-3-6(4-2)5-10-7(8)9;;/h6H,3-5H2,1-2H3,(H,8,9);;/q;+1;-1. The maximum atomic E-state index is 10.1. The van der Waals surface area contributed by atoms with Gasteiger partial charge in [0.25, 0.3) is 0 Å². The van der Waals surface area contributed by atoms with Gasteiger partial charge in [-0.25, -0.2) is 4.79 Å². The number of carboxylic acid groups (broad SMARTS) is 1. The number of carbonyl (C=O) groups is 1. The van der Waals surface area contributed by atoms with Crippen LogP contribution in [0.1, 0.15) is 28.1 Å². The minimum Gasteiger partial charge on any atom is -1.00 e. The van der Waals surface area contributed by atoms with Crippen LogP contribution in [0, 0.1) is 5.92 Å². The number of rotatable bonds is 4. The summed E-state index contributed by atoms with van der Waals surface area (Å²) in [5.74, 6) is 1.32. The van der Waals surface area contributed by atoms with Crippen molar-refractivity contribution in [3.05, 3.63) is 0 Å². The van der Waals surface area contributed by atoms with Crippen LogP contribution < -0.4 is 29.6 Å². The molecule has 0 aromatic rings. The minimum atomic E-state index is -0.757. The van der Waals surface area contributed by atoms with Crippen LogP contribution in [-0.4, -0.2) is 16.2 Å². The molecular formula is C7H15NaO2S. The van der Waals surface area contributed by atoms with Crippen molar-refractivity contribution in [1.82, 2.24) is 0 Å². The molecule has 0 bridgehead atoms. The molecule has 0 aromatic heterocycles. The fourth-order valence-electron chi connectivity index (χ4n) is 0.714. The van der Waals surface area contributed by atoms with E-state index in [2.05, 4.69) is 13.8 Å². The van der Waals surface area contributed by atoms with Crippen molar-refractivity contribution in [3.8, 4) is 0 Å². The normalized spacial score (nSPS) is 9.36. The molecule has 0 spiro atoms.